The van der Waals surface area contributed by atoms with Crippen molar-refractivity contribution < 1.29 is 9.53 Å². The Morgan fingerprint density at radius 2 is 1.83 bits per heavy atom. The number of rotatable bonds is 9. The monoisotopic (exact) mass is 411 g/mol. The van der Waals surface area contributed by atoms with Gasteiger partial charge in [0.2, 0.25) is 5.91 Å². The molecule has 0 saturated carbocycles. The third-order valence-electron chi connectivity index (χ3n) is 4.39. The van der Waals surface area contributed by atoms with Gasteiger partial charge in [0.05, 0.1) is 17.0 Å². The van der Waals surface area contributed by atoms with Crippen molar-refractivity contribution in [2.45, 2.75) is 43.3 Å². The average Bonchev–Trinajstić information content (AvgIpc) is 2.71. The highest BCUT2D eigenvalue weighted by molar-refractivity contribution is 8.00. The number of hydrogen-bond donors (Lipinski definition) is 1. The molecule has 0 aliphatic rings. The van der Waals surface area contributed by atoms with Crippen LogP contribution in [0.2, 0.25) is 0 Å². The van der Waals surface area contributed by atoms with Crippen LogP contribution in [0.1, 0.15) is 31.1 Å². The summed E-state index contributed by atoms with van der Waals surface area (Å²) in [6.07, 6.45) is 0.797. The van der Waals surface area contributed by atoms with E-state index in [9.17, 15) is 9.59 Å². The van der Waals surface area contributed by atoms with Gasteiger partial charge >= 0.3 is 0 Å². The summed E-state index contributed by atoms with van der Waals surface area (Å²) in [6, 6.07) is 16.5. The van der Waals surface area contributed by atoms with Gasteiger partial charge in [0.15, 0.2) is 5.16 Å². The van der Waals surface area contributed by atoms with Crippen LogP contribution < -0.4 is 11.3 Å². The SMILES string of the molecule is CC(C)OCCCn1c(S[C@H](C(N)=O)c2ccccc2)nc2ccccc2c1=O. The van der Waals surface area contributed by atoms with E-state index in [1.807, 2.05) is 56.3 Å². The number of benzene rings is 2. The molecule has 7 heteroatoms. The number of carbonyl (C=O) groups excluding carboxylic acids is 1. The number of nitrogens with zero attached hydrogens (tertiary/aromatic N) is 2. The Labute approximate surface area is 174 Å². The van der Waals surface area contributed by atoms with Crippen LogP contribution in [0.15, 0.2) is 64.5 Å². The van der Waals surface area contributed by atoms with Crippen molar-refractivity contribution in [2.24, 2.45) is 5.73 Å². The summed E-state index contributed by atoms with van der Waals surface area (Å²) in [6.45, 7) is 4.94. The summed E-state index contributed by atoms with van der Waals surface area (Å²) in [5.41, 5.74) is 6.93. The highest BCUT2D eigenvalue weighted by Crippen LogP contribution is 2.34. The second-order valence-corrected chi connectivity index (χ2v) is 8.02. The minimum Gasteiger partial charge on any atom is -0.379 e. The first kappa shape index (κ1) is 21.1. The molecule has 6 nitrogen and oxygen atoms in total. The molecule has 0 aliphatic carbocycles. The highest BCUT2D eigenvalue weighted by Gasteiger charge is 2.23. The summed E-state index contributed by atoms with van der Waals surface area (Å²) in [5.74, 6) is -0.474. The number of hydrogen-bond acceptors (Lipinski definition) is 5. The maximum atomic E-state index is 13.1. The van der Waals surface area contributed by atoms with Gasteiger partial charge in [-0.1, -0.05) is 54.2 Å². The molecular formula is C22H25N3O3S. The molecule has 1 aromatic heterocycles. The van der Waals surface area contributed by atoms with Crippen LogP contribution >= 0.6 is 11.8 Å². The third kappa shape index (κ3) is 5.25. The van der Waals surface area contributed by atoms with Gasteiger partial charge < -0.3 is 10.5 Å². The maximum Gasteiger partial charge on any atom is 0.262 e. The van der Waals surface area contributed by atoms with Crippen molar-refractivity contribution in [1.29, 1.82) is 0 Å². The second kappa shape index (κ2) is 9.71. The molecule has 3 aromatic rings. The molecule has 2 N–H and O–H groups in total. The van der Waals surface area contributed by atoms with Crippen molar-refractivity contribution >= 4 is 28.6 Å². The minimum absolute atomic E-state index is 0.126. The molecule has 1 amide bonds. The number of nitrogens with two attached hydrogens (primary N) is 1. The minimum atomic E-state index is -0.637. The largest absolute Gasteiger partial charge is 0.379 e. The lowest BCUT2D eigenvalue weighted by atomic mass is 10.1. The van der Waals surface area contributed by atoms with E-state index in [4.69, 9.17) is 10.5 Å². The van der Waals surface area contributed by atoms with Gasteiger partial charge in [-0.3, -0.25) is 14.2 Å². The molecule has 1 atom stereocenters. The van der Waals surface area contributed by atoms with E-state index < -0.39 is 11.2 Å². The number of aromatic nitrogens is 2. The van der Waals surface area contributed by atoms with E-state index in [1.54, 1.807) is 16.7 Å². The number of amides is 1. The van der Waals surface area contributed by atoms with E-state index in [2.05, 4.69) is 4.98 Å². The number of fused-ring (bicyclic) bond motifs is 1. The van der Waals surface area contributed by atoms with E-state index >= 15 is 0 Å². The number of primary amides is 1. The summed E-state index contributed by atoms with van der Waals surface area (Å²) in [7, 11) is 0. The van der Waals surface area contributed by atoms with Gasteiger partial charge in [0.25, 0.3) is 5.56 Å². The van der Waals surface area contributed by atoms with E-state index in [-0.39, 0.29) is 11.7 Å². The van der Waals surface area contributed by atoms with Gasteiger partial charge in [-0.15, -0.1) is 0 Å². The number of carbonyl (C=O) groups is 1. The van der Waals surface area contributed by atoms with Gasteiger partial charge in [0, 0.05) is 13.2 Å². The van der Waals surface area contributed by atoms with Gasteiger partial charge in [-0.05, 0) is 38.0 Å². The van der Waals surface area contributed by atoms with Crippen molar-refractivity contribution in [3.8, 4) is 0 Å². The molecule has 0 radical (unpaired) electrons. The molecule has 29 heavy (non-hydrogen) atoms. The van der Waals surface area contributed by atoms with Crippen LogP contribution in [0.4, 0.5) is 0 Å². The molecule has 1 heterocycles. The van der Waals surface area contributed by atoms with Crippen LogP contribution in [0, 0.1) is 0 Å². The van der Waals surface area contributed by atoms with E-state index in [1.165, 1.54) is 11.8 Å². The van der Waals surface area contributed by atoms with Crippen molar-refractivity contribution in [2.75, 3.05) is 6.61 Å². The summed E-state index contributed by atoms with van der Waals surface area (Å²) >= 11 is 1.21. The fourth-order valence-corrected chi connectivity index (χ4v) is 4.07. The lowest BCUT2D eigenvalue weighted by Gasteiger charge is -2.17. The average molecular weight is 412 g/mol. The van der Waals surface area contributed by atoms with Crippen molar-refractivity contribution in [1.82, 2.24) is 9.55 Å². The zero-order valence-corrected chi connectivity index (χ0v) is 17.4. The molecule has 3 rings (SSSR count). The lowest BCUT2D eigenvalue weighted by molar-refractivity contribution is -0.117. The first-order valence-electron chi connectivity index (χ1n) is 9.59. The Kier molecular flexibility index (Phi) is 7.06. The highest BCUT2D eigenvalue weighted by atomic mass is 32.2. The van der Waals surface area contributed by atoms with Gasteiger partial charge in [-0.2, -0.15) is 0 Å². The van der Waals surface area contributed by atoms with Gasteiger partial charge in [0.1, 0.15) is 5.25 Å². The number of para-hydroxylation sites is 1. The Balaban J connectivity index is 1.98. The third-order valence-corrected chi connectivity index (χ3v) is 5.65. The molecule has 0 unspecified atom stereocenters. The predicted octanol–water partition coefficient (Wildman–Crippen LogP) is 3.53. The first-order valence-corrected chi connectivity index (χ1v) is 10.5. The molecule has 2 aromatic carbocycles. The molecule has 0 saturated heterocycles. The molecule has 0 bridgehead atoms. The Hall–Kier alpha value is -2.64. The Bertz CT molecular complexity index is 1030. The summed E-state index contributed by atoms with van der Waals surface area (Å²) in [5, 5.41) is 0.394. The zero-order chi connectivity index (χ0) is 20.8. The molecule has 0 aliphatic heterocycles. The lowest BCUT2D eigenvalue weighted by Crippen LogP contribution is -2.26. The van der Waals surface area contributed by atoms with Crippen LogP contribution in [0.25, 0.3) is 10.9 Å². The summed E-state index contributed by atoms with van der Waals surface area (Å²) in [4.78, 5) is 30.0. The number of ether oxygens (including phenoxy) is 1. The molecular weight excluding hydrogens is 386 g/mol. The summed E-state index contributed by atoms with van der Waals surface area (Å²) < 4.78 is 7.22. The fraction of sp³-hybridized carbons (Fsp3) is 0.318. The topological polar surface area (TPSA) is 87.2 Å². The quantitative estimate of drug-likeness (QED) is 0.331. The van der Waals surface area contributed by atoms with Gasteiger partial charge in [-0.25, -0.2) is 4.98 Å². The second-order valence-electron chi connectivity index (χ2n) is 6.95. The standard InChI is InChI=1S/C22H25N3O3S/c1-15(2)28-14-8-13-25-21(27)17-11-6-7-12-18(17)24-22(25)29-19(20(23)26)16-9-4-3-5-10-16/h3-7,9-12,15,19H,8,13-14H2,1-2H3,(H2,23,26)/t19-/m0/s1. The normalized spacial score (nSPS) is 12.4. The molecule has 0 fully saturated rings. The smallest absolute Gasteiger partial charge is 0.262 e. The van der Waals surface area contributed by atoms with Crippen molar-refractivity contribution in [3.63, 3.8) is 0 Å². The Morgan fingerprint density at radius 1 is 1.14 bits per heavy atom. The first-order chi connectivity index (χ1) is 14.0. The van der Waals surface area contributed by atoms with E-state index in [0.29, 0.717) is 35.6 Å². The van der Waals surface area contributed by atoms with Crippen molar-refractivity contribution in [3.05, 3.63) is 70.5 Å². The van der Waals surface area contributed by atoms with E-state index in [0.717, 1.165) is 5.56 Å². The van der Waals surface area contributed by atoms with Crippen LogP contribution in [0.3, 0.4) is 0 Å². The maximum absolute atomic E-state index is 13.1. The van der Waals surface area contributed by atoms with Crippen LogP contribution in [-0.4, -0.2) is 28.2 Å². The van der Waals surface area contributed by atoms with Crippen LogP contribution in [0.5, 0.6) is 0 Å². The van der Waals surface area contributed by atoms with Crippen LogP contribution in [-0.2, 0) is 16.1 Å². The zero-order valence-electron chi connectivity index (χ0n) is 16.6. The molecule has 152 valence electrons. The predicted molar refractivity (Wildman–Crippen MR) is 116 cm³/mol. The number of thioether (sulfide) groups is 1. The fourth-order valence-electron chi connectivity index (χ4n) is 3.00. The molecule has 0 spiro atoms. The Morgan fingerprint density at radius 3 is 2.52 bits per heavy atom.